The SMILES string of the molecule is CCCCOc1cccc(C2/C(=C(\O)c3ccncc3)C(=O)C(=O)N2CCc2ccccc2)c1. The largest absolute Gasteiger partial charge is 0.507 e. The summed E-state index contributed by atoms with van der Waals surface area (Å²) < 4.78 is 5.87. The first-order valence-corrected chi connectivity index (χ1v) is 11.6. The van der Waals surface area contributed by atoms with E-state index in [-0.39, 0.29) is 11.3 Å². The number of aliphatic hydroxyl groups excluding tert-OH is 1. The highest BCUT2D eigenvalue weighted by Crippen LogP contribution is 2.40. The van der Waals surface area contributed by atoms with Crippen molar-refractivity contribution >= 4 is 17.4 Å². The van der Waals surface area contributed by atoms with E-state index in [9.17, 15) is 14.7 Å². The van der Waals surface area contributed by atoms with Crippen LogP contribution < -0.4 is 4.74 Å². The van der Waals surface area contributed by atoms with Crippen molar-refractivity contribution in [2.24, 2.45) is 0 Å². The highest BCUT2D eigenvalue weighted by molar-refractivity contribution is 6.46. The van der Waals surface area contributed by atoms with Crippen LogP contribution in [-0.2, 0) is 16.0 Å². The number of hydrogen-bond acceptors (Lipinski definition) is 5. The molecule has 1 N–H and O–H groups in total. The molecule has 6 nitrogen and oxygen atoms in total. The van der Waals surface area contributed by atoms with E-state index in [1.807, 2.05) is 54.6 Å². The third-order valence-corrected chi connectivity index (χ3v) is 5.92. The molecule has 1 aliphatic rings. The molecule has 174 valence electrons. The van der Waals surface area contributed by atoms with Crippen LogP contribution >= 0.6 is 0 Å². The van der Waals surface area contributed by atoms with Crippen molar-refractivity contribution < 1.29 is 19.4 Å². The number of amides is 1. The number of nitrogens with zero attached hydrogens (tertiary/aromatic N) is 2. The lowest BCUT2D eigenvalue weighted by Crippen LogP contribution is -2.31. The molecule has 0 bridgehead atoms. The van der Waals surface area contributed by atoms with Crippen LogP contribution in [0.4, 0.5) is 0 Å². The summed E-state index contributed by atoms with van der Waals surface area (Å²) in [7, 11) is 0. The number of aromatic nitrogens is 1. The predicted octanol–water partition coefficient (Wildman–Crippen LogP) is 4.92. The molecule has 0 saturated carbocycles. The number of ether oxygens (including phenoxy) is 1. The van der Waals surface area contributed by atoms with Crippen molar-refractivity contribution in [2.75, 3.05) is 13.2 Å². The molecule has 1 aliphatic heterocycles. The number of rotatable bonds is 9. The zero-order chi connectivity index (χ0) is 23.9. The molecule has 4 rings (SSSR count). The Balaban J connectivity index is 1.74. The van der Waals surface area contributed by atoms with Gasteiger partial charge in [0.1, 0.15) is 11.5 Å². The van der Waals surface area contributed by atoms with Gasteiger partial charge >= 0.3 is 0 Å². The molecular formula is C28H28N2O4. The average molecular weight is 457 g/mol. The van der Waals surface area contributed by atoms with Crippen molar-refractivity contribution in [2.45, 2.75) is 32.2 Å². The van der Waals surface area contributed by atoms with Crippen LogP contribution in [0.2, 0.25) is 0 Å². The van der Waals surface area contributed by atoms with E-state index < -0.39 is 17.7 Å². The van der Waals surface area contributed by atoms with Gasteiger partial charge in [-0.2, -0.15) is 0 Å². The minimum Gasteiger partial charge on any atom is -0.507 e. The maximum atomic E-state index is 13.2. The molecule has 0 radical (unpaired) electrons. The maximum absolute atomic E-state index is 13.2. The molecule has 34 heavy (non-hydrogen) atoms. The zero-order valence-corrected chi connectivity index (χ0v) is 19.2. The molecule has 6 heteroatoms. The number of ketones is 1. The third-order valence-electron chi connectivity index (χ3n) is 5.92. The van der Waals surface area contributed by atoms with Crippen molar-refractivity contribution in [3.8, 4) is 5.75 Å². The van der Waals surface area contributed by atoms with E-state index in [1.165, 1.54) is 12.4 Å². The van der Waals surface area contributed by atoms with E-state index in [0.717, 1.165) is 24.0 Å². The molecule has 1 amide bonds. The second kappa shape index (κ2) is 10.8. The fourth-order valence-corrected chi connectivity index (χ4v) is 4.13. The van der Waals surface area contributed by atoms with Crippen LogP contribution in [0.1, 0.15) is 42.5 Å². The minimum atomic E-state index is -0.716. The standard InChI is InChI=1S/C28H28N2O4/c1-2-3-18-34-23-11-7-10-22(19-23)25-24(26(31)21-12-15-29-16-13-21)27(32)28(33)30(25)17-14-20-8-5-4-6-9-20/h4-13,15-16,19,25,31H,2-3,14,17-18H2,1H3/b26-24+. The van der Waals surface area contributed by atoms with Gasteiger partial charge in [-0.1, -0.05) is 55.8 Å². The van der Waals surface area contributed by atoms with Gasteiger partial charge in [-0.15, -0.1) is 0 Å². The van der Waals surface area contributed by atoms with Gasteiger partial charge in [0.05, 0.1) is 18.2 Å². The molecule has 3 aromatic rings. The Morgan fingerprint density at radius 2 is 1.79 bits per heavy atom. The number of likely N-dealkylation sites (tertiary alicyclic amines) is 1. The number of aliphatic hydroxyl groups is 1. The molecule has 1 saturated heterocycles. The molecule has 1 unspecified atom stereocenters. The molecule has 0 aliphatic carbocycles. The Labute approximate surface area is 199 Å². The van der Waals surface area contributed by atoms with Crippen LogP contribution in [0.5, 0.6) is 5.75 Å². The first-order chi connectivity index (χ1) is 16.6. The van der Waals surface area contributed by atoms with Gasteiger partial charge in [0.2, 0.25) is 0 Å². The zero-order valence-electron chi connectivity index (χ0n) is 19.2. The Bertz CT molecular complexity index is 1180. The van der Waals surface area contributed by atoms with Gasteiger partial charge in [0.15, 0.2) is 0 Å². The Hall–Kier alpha value is -3.93. The van der Waals surface area contributed by atoms with Gasteiger partial charge in [0, 0.05) is 24.5 Å². The molecule has 0 spiro atoms. The molecule has 1 aromatic heterocycles. The summed E-state index contributed by atoms with van der Waals surface area (Å²) in [5, 5.41) is 11.1. The van der Waals surface area contributed by atoms with Crippen LogP contribution in [0.15, 0.2) is 84.7 Å². The number of hydrogen-bond donors (Lipinski definition) is 1. The van der Waals surface area contributed by atoms with Gasteiger partial charge in [-0.3, -0.25) is 14.6 Å². The summed E-state index contributed by atoms with van der Waals surface area (Å²) in [6.07, 6.45) is 5.62. The first kappa shape index (κ1) is 23.2. The Kier molecular flexibility index (Phi) is 7.38. The second-order valence-electron chi connectivity index (χ2n) is 8.24. The number of carbonyl (C=O) groups is 2. The predicted molar refractivity (Wildman–Crippen MR) is 130 cm³/mol. The lowest BCUT2D eigenvalue weighted by molar-refractivity contribution is -0.139. The summed E-state index contributed by atoms with van der Waals surface area (Å²) in [5.41, 5.74) is 2.30. The summed E-state index contributed by atoms with van der Waals surface area (Å²) >= 11 is 0. The van der Waals surface area contributed by atoms with Gasteiger partial charge in [-0.05, 0) is 48.2 Å². The number of unbranched alkanes of at least 4 members (excludes halogenated alkanes) is 1. The van der Waals surface area contributed by atoms with Crippen molar-refractivity contribution in [3.05, 3.63) is 101 Å². The van der Waals surface area contributed by atoms with E-state index in [4.69, 9.17) is 4.74 Å². The summed E-state index contributed by atoms with van der Waals surface area (Å²) in [6.45, 7) is 3.03. The first-order valence-electron chi connectivity index (χ1n) is 11.6. The topological polar surface area (TPSA) is 79.7 Å². The van der Waals surface area contributed by atoms with E-state index in [0.29, 0.717) is 30.9 Å². The van der Waals surface area contributed by atoms with Crippen LogP contribution in [0, 0.1) is 0 Å². The lowest BCUT2D eigenvalue weighted by Gasteiger charge is -2.26. The minimum absolute atomic E-state index is 0.0787. The molecular weight excluding hydrogens is 428 g/mol. The van der Waals surface area contributed by atoms with Crippen molar-refractivity contribution in [1.82, 2.24) is 9.88 Å². The van der Waals surface area contributed by atoms with Crippen LogP contribution in [-0.4, -0.2) is 39.8 Å². The summed E-state index contributed by atoms with van der Waals surface area (Å²) in [5.74, 6) is -0.840. The third kappa shape index (κ3) is 5.01. The molecule has 1 fully saturated rings. The molecule has 2 aromatic carbocycles. The summed E-state index contributed by atoms with van der Waals surface area (Å²) in [4.78, 5) is 31.8. The lowest BCUT2D eigenvalue weighted by atomic mass is 9.95. The normalized spacial score (nSPS) is 17.2. The number of Topliss-reactive ketones (excluding diaryl/α,β-unsaturated/α-hetero) is 1. The van der Waals surface area contributed by atoms with Crippen molar-refractivity contribution in [3.63, 3.8) is 0 Å². The quantitative estimate of drug-likeness (QED) is 0.214. The number of carbonyl (C=O) groups excluding carboxylic acids is 2. The van der Waals surface area contributed by atoms with E-state index >= 15 is 0 Å². The van der Waals surface area contributed by atoms with Crippen LogP contribution in [0.3, 0.4) is 0 Å². The second-order valence-corrected chi connectivity index (χ2v) is 8.24. The molecule has 1 atom stereocenters. The van der Waals surface area contributed by atoms with Crippen LogP contribution in [0.25, 0.3) is 5.76 Å². The Morgan fingerprint density at radius 1 is 1.03 bits per heavy atom. The smallest absolute Gasteiger partial charge is 0.295 e. The van der Waals surface area contributed by atoms with Crippen molar-refractivity contribution in [1.29, 1.82) is 0 Å². The fourth-order valence-electron chi connectivity index (χ4n) is 4.13. The van der Waals surface area contributed by atoms with E-state index in [1.54, 1.807) is 17.0 Å². The monoisotopic (exact) mass is 456 g/mol. The maximum Gasteiger partial charge on any atom is 0.295 e. The van der Waals surface area contributed by atoms with E-state index in [2.05, 4.69) is 11.9 Å². The highest BCUT2D eigenvalue weighted by atomic mass is 16.5. The average Bonchev–Trinajstić information content (AvgIpc) is 3.13. The fraction of sp³-hybridized carbons (Fsp3) is 0.250. The number of pyridine rings is 1. The molecule has 2 heterocycles. The van der Waals surface area contributed by atoms with Gasteiger partial charge < -0.3 is 14.7 Å². The van der Waals surface area contributed by atoms with Gasteiger partial charge in [0.25, 0.3) is 11.7 Å². The summed E-state index contributed by atoms with van der Waals surface area (Å²) in [6, 6.07) is 19.7. The Morgan fingerprint density at radius 3 is 2.53 bits per heavy atom. The van der Waals surface area contributed by atoms with Gasteiger partial charge in [-0.25, -0.2) is 0 Å². The highest BCUT2D eigenvalue weighted by Gasteiger charge is 2.45. The number of benzene rings is 2.